The van der Waals surface area contributed by atoms with Crippen LogP contribution in [-0.4, -0.2) is 57.1 Å². The number of anilines is 1. The number of halogens is 1. The number of carbonyl (C=O) groups excluding carboxylic acids is 2. The van der Waals surface area contributed by atoms with E-state index in [4.69, 9.17) is 0 Å². The fourth-order valence-corrected chi connectivity index (χ4v) is 4.88. The van der Waals surface area contributed by atoms with Crippen LogP contribution in [0.15, 0.2) is 59.1 Å². The highest BCUT2D eigenvalue weighted by atomic mass is 79.9. The highest BCUT2D eigenvalue weighted by molar-refractivity contribution is 9.10. The summed E-state index contributed by atoms with van der Waals surface area (Å²) in [6.07, 6.45) is 3.86. The molecule has 1 N–H and O–H groups in total. The van der Waals surface area contributed by atoms with Gasteiger partial charge in [0.15, 0.2) is 0 Å². The Bertz CT molecular complexity index is 1050. The summed E-state index contributed by atoms with van der Waals surface area (Å²) in [4.78, 5) is 28.0. The predicted molar refractivity (Wildman–Crippen MR) is 140 cm³/mol. The second-order valence-electron chi connectivity index (χ2n) is 8.14. The Hall–Kier alpha value is -2.39. The molecule has 0 spiro atoms. The van der Waals surface area contributed by atoms with Crippen LogP contribution in [0.25, 0.3) is 0 Å². The molecule has 9 heteroatoms. The average molecular weight is 553 g/mol. The number of unbranched alkanes of at least 4 members (excludes halogenated alkanes) is 1. The Labute approximate surface area is 211 Å². The van der Waals surface area contributed by atoms with Crippen molar-refractivity contribution in [2.24, 2.45) is 0 Å². The van der Waals surface area contributed by atoms with E-state index in [9.17, 15) is 18.0 Å². The number of hydrogen-bond donors (Lipinski definition) is 1. The second-order valence-corrected chi connectivity index (χ2v) is 11.0. The van der Waals surface area contributed by atoms with Gasteiger partial charge in [0.1, 0.15) is 12.6 Å². The van der Waals surface area contributed by atoms with E-state index < -0.39 is 22.0 Å². The number of amides is 2. The molecule has 0 heterocycles. The van der Waals surface area contributed by atoms with Crippen LogP contribution in [0.5, 0.6) is 0 Å². The molecule has 0 fully saturated rings. The molecule has 1 atom stereocenters. The minimum Gasteiger partial charge on any atom is -0.354 e. The number of rotatable bonds is 13. The van der Waals surface area contributed by atoms with Crippen molar-refractivity contribution in [1.29, 1.82) is 0 Å². The lowest BCUT2D eigenvalue weighted by molar-refractivity contribution is -0.139. The van der Waals surface area contributed by atoms with Crippen LogP contribution in [0.3, 0.4) is 0 Å². The van der Waals surface area contributed by atoms with Crippen molar-refractivity contribution in [2.45, 2.75) is 45.6 Å². The highest BCUT2D eigenvalue weighted by Gasteiger charge is 2.31. The number of hydrogen-bond acceptors (Lipinski definition) is 4. The summed E-state index contributed by atoms with van der Waals surface area (Å²) < 4.78 is 27.0. The number of nitrogens with one attached hydrogen (secondary N) is 1. The van der Waals surface area contributed by atoms with Crippen molar-refractivity contribution in [3.8, 4) is 0 Å². The summed E-state index contributed by atoms with van der Waals surface area (Å²) in [5.74, 6) is -0.635. The van der Waals surface area contributed by atoms with E-state index in [0.29, 0.717) is 36.1 Å². The summed E-state index contributed by atoms with van der Waals surface area (Å²) in [6, 6.07) is 15.8. The first-order chi connectivity index (χ1) is 16.2. The number of carbonyl (C=O) groups is 2. The molecule has 2 aromatic rings. The molecule has 0 aliphatic heterocycles. The van der Waals surface area contributed by atoms with Gasteiger partial charge in [-0.3, -0.25) is 13.9 Å². The predicted octanol–water partition coefficient (Wildman–Crippen LogP) is 3.98. The third-order valence-electron chi connectivity index (χ3n) is 5.48. The van der Waals surface area contributed by atoms with Crippen LogP contribution in [0.2, 0.25) is 0 Å². The quantitative estimate of drug-likeness (QED) is 0.381. The van der Waals surface area contributed by atoms with Gasteiger partial charge in [-0.25, -0.2) is 8.42 Å². The van der Waals surface area contributed by atoms with Gasteiger partial charge in [0, 0.05) is 17.6 Å². The lowest BCUT2D eigenvalue weighted by Crippen LogP contribution is -2.53. The van der Waals surface area contributed by atoms with Gasteiger partial charge >= 0.3 is 0 Å². The van der Waals surface area contributed by atoms with Crippen molar-refractivity contribution >= 4 is 43.5 Å². The van der Waals surface area contributed by atoms with Gasteiger partial charge in [0.25, 0.3) is 0 Å². The molecule has 0 saturated heterocycles. The maximum Gasteiger partial charge on any atom is 0.244 e. The summed E-state index contributed by atoms with van der Waals surface area (Å²) >= 11 is 3.36. The molecular weight excluding hydrogens is 518 g/mol. The zero-order chi connectivity index (χ0) is 25.1. The molecule has 0 aliphatic rings. The molecule has 1 unspecified atom stereocenters. The smallest absolute Gasteiger partial charge is 0.244 e. The topological polar surface area (TPSA) is 86.8 Å². The number of nitrogens with zero attached hydrogens (tertiary/aromatic N) is 2. The van der Waals surface area contributed by atoms with Crippen molar-refractivity contribution in [3.63, 3.8) is 0 Å². The molecule has 2 amide bonds. The fourth-order valence-electron chi connectivity index (χ4n) is 3.65. The van der Waals surface area contributed by atoms with Crippen LogP contribution < -0.4 is 9.62 Å². The summed E-state index contributed by atoms with van der Waals surface area (Å²) in [7, 11) is -3.74. The first-order valence-electron chi connectivity index (χ1n) is 11.5. The molecule has 34 heavy (non-hydrogen) atoms. The monoisotopic (exact) mass is 551 g/mol. The molecule has 0 aromatic heterocycles. The Morgan fingerprint density at radius 3 is 2.35 bits per heavy atom. The van der Waals surface area contributed by atoms with Crippen LogP contribution in [0.1, 0.15) is 38.7 Å². The Morgan fingerprint density at radius 1 is 1.06 bits per heavy atom. The second kappa shape index (κ2) is 13.5. The van der Waals surface area contributed by atoms with E-state index in [1.807, 2.05) is 44.2 Å². The molecule has 2 aromatic carbocycles. The number of benzene rings is 2. The fraction of sp³-hybridized carbons (Fsp3) is 0.440. The molecule has 0 aliphatic carbocycles. The highest BCUT2D eigenvalue weighted by Crippen LogP contribution is 2.22. The van der Waals surface area contributed by atoms with Crippen LogP contribution in [0, 0.1) is 0 Å². The molecule has 186 valence electrons. The maximum atomic E-state index is 13.5. The minimum absolute atomic E-state index is 0.217. The normalized spacial score (nSPS) is 12.1. The van der Waals surface area contributed by atoms with Gasteiger partial charge in [-0.05, 0) is 43.0 Å². The SMILES string of the molecule is CCCCNC(=O)C(CC)N(CCc1ccccc1)C(=O)CN(c1cccc(Br)c1)S(C)(=O)=O. The maximum absolute atomic E-state index is 13.5. The van der Waals surface area contributed by atoms with Gasteiger partial charge in [-0.2, -0.15) is 0 Å². The van der Waals surface area contributed by atoms with E-state index in [1.54, 1.807) is 24.3 Å². The molecule has 7 nitrogen and oxygen atoms in total. The summed E-state index contributed by atoms with van der Waals surface area (Å²) in [5, 5.41) is 2.92. The molecule has 0 bridgehead atoms. The van der Waals surface area contributed by atoms with Crippen LogP contribution in [-0.2, 0) is 26.0 Å². The average Bonchev–Trinajstić information content (AvgIpc) is 2.80. The van der Waals surface area contributed by atoms with Crippen molar-refractivity contribution in [2.75, 3.05) is 30.2 Å². The lowest BCUT2D eigenvalue weighted by atomic mass is 10.1. The lowest BCUT2D eigenvalue weighted by Gasteiger charge is -2.33. The Balaban J connectivity index is 2.32. The Kier molecular flexibility index (Phi) is 11.0. The minimum atomic E-state index is -3.74. The molecular formula is C25H34BrN3O4S. The summed E-state index contributed by atoms with van der Waals surface area (Å²) in [6.45, 7) is 4.36. The third kappa shape index (κ3) is 8.43. The van der Waals surface area contributed by atoms with Gasteiger partial charge in [-0.1, -0.05) is 72.6 Å². The van der Waals surface area contributed by atoms with Gasteiger partial charge in [0.2, 0.25) is 21.8 Å². The zero-order valence-corrected chi connectivity index (χ0v) is 22.4. The van der Waals surface area contributed by atoms with Gasteiger partial charge < -0.3 is 10.2 Å². The standard InChI is InChI=1S/C25H34BrN3O4S/c1-4-6-16-27-25(31)23(5-2)28(17-15-20-11-8-7-9-12-20)24(30)19-29(34(3,32)33)22-14-10-13-21(26)18-22/h7-14,18,23H,4-6,15-17,19H2,1-3H3,(H,27,31). The zero-order valence-electron chi connectivity index (χ0n) is 20.0. The molecule has 2 rings (SSSR count). The van der Waals surface area contributed by atoms with E-state index in [0.717, 1.165) is 29.0 Å². The van der Waals surface area contributed by atoms with Crippen LogP contribution in [0.4, 0.5) is 5.69 Å². The Morgan fingerprint density at radius 2 is 1.76 bits per heavy atom. The van der Waals surface area contributed by atoms with Gasteiger partial charge in [0.05, 0.1) is 11.9 Å². The molecule has 0 saturated carbocycles. The number of sulfonamides is 1. The van der Waals surface area contributed by atoms with Crippen molar-refractivity contribution in [3.05, 3.63) is 64.6 Å². The van der Waals surface area contributed by atoms with Gasteiger partial charge in [-0.15, -0.1) is 0 Å². The third-order valence-corrected chi connectivity index (χ3v) is 7.11. The van der Waals surface area contributed by atoms with Crippen molar-refractivity contribution in [1.82, 2.24) is 10.2 Å². The first kappa shape index (κ1) is 27.9. The van der Waals surface area contributed by atoms with E-state index in [-0.39, 0.29) is 12.5 Å². The van der Waals surface area contributed by atoms with E-state index in [1.165, 1.54) is 4.90 Å². The van der Waals surface area contributed by atoms with E-state index >= 15 is 0 Å². The first-order valence-corrected chi connectivity index (χ1v) is 14.2. The van der Waals surface area contributed by atoms with Crippen LogP contribution >= 0.6 is 15.9 Å². The van der Waals surface area contributed by atoms with E-state index in [2.05, 4.69) is 21.2 Å². The largest absolute Gasteiger partial charge is 0.354 e. The summed E-state index contributed by atoms with van der Waals surface area (Å²) in [5.41, 5.74) is 1.42. The molecule has 0 radical (unpaired) electrons. The van der Waals surface area contributed by atoms with Crippen molar-refractivity contribution < 1.29 is 18.0 Å².